The van der Waals surface area contributed by atoms with Crippen LogP contribution in [-0.4, -0.2) is 52.9 Å². The number of fused-ring (bicyclic) bond motifs is 1. The number of hydrogen-bond acceptors (Lipinski definition) is 5. The third kappa shape index (κ3) is 6.13. The number of amides is 1. The molecule has 3 N–H and O–H groups in total. The number of ether oxygens (including phenoxy) is 1. The van der Waals surface area contributed by atoms with Gasteiger partial charge in [0, 0.05) is 19.6 Å². The molecule has 1 aliphatic heterocycles. The molecular formula is C31H30F4N2O4. The zero-order chi connectivity index (χ0) is 29.4. The number of nitrogens with two attached hydrogens (primary N) is 1. The van der Waals surface area contributed by atoms with Gasteiger partial charge >= 0.3 is 12.1 Å². The summed E-state index contributed by atoms with van der Waals surface area (Å²) in [6.45, 7) is 0.634. The van der Waals surface area contributed by atoms with Crippen LogP contribution in [0.25, 0.3) is 11.1 Å². The van der Waals surface area contributed by atoms with Crippen LogP contribution in [-0.2, 0) is 22.5 Å². The van der Waals surface area contributed by atoms with Crippen LogP contribution in [0.3, 0.4) is 0 Å². The van der Waals surface area contributed by atoms with Gasteiger partial charge in [-0.3, -0.25) is 9.69 Å². The SMILES string of the molecule is NC(=O)C1c2ccc(CN3CCC(O)(C(F)(F)F)CC3)cc2CCC1OC(=O)c1ccc(-c2ccc(F)cc2)cc1. The van der Waals surface area contributed by atoms with E-state index in [0.717, 1.165) is 22.3 Å². The van der Waals surface area contributed by atoms with Crippen LogP contribution in [0.5, 0.6) is 0 Å². The molecule has 0 saturated carbocycles. The van der Waals surface area contributed by atoms with Crippen molar-refractivity contribution in [2.75, 3.05) is 13.1 Å². The van der Waals surface area contributed by atoms with Gasteiger partial charge in [-0.25, -0.2) is 9.18 Å². The lowest BCUT2D eigenvalue weighted by Crippen LogP contribution is -2.53. The fourth-order valence-electron chi connectivity index (χ4n) is 5.67. The molecule has 1 heterocycles. The van der Waals surface area contributed by atoms with E-state index < -0.39 is 35.7 Å². The number of carbonyl (C=O) groups excluding carboxylic acids is 2. The Morgan fingerprint density at radius 1 is 0.976 bits per heavy atom. The number of likely N-dealkylation sites (tertiary alicyclic amines) is 1. The number of halogens is 4. The van der Waals surface area contributed by atoms with Gasteiger partial charge in [-0.2, -0.15) is 13.2 Å². The van der Waals surface area contributed by atoms with Gasteiger partial charge in [0.05, 0.1) is 11.5 Å². The minimum Gasteiger partial charge on any atom is -0.458 e. The molecule has 2 aliphatic rings. The van der Waals surface area contributed by atoms with E-state index in [2.05, 4.69) is 0 Å². The molecule has 3 aromatic carbocycles. The molecule has 3 aromatic rings. The summed E-state index contributed by atoms with van der Waals surface area (Å²) in [5.74, 6) is -2.39. The first-order valence-corrected chi connectivity index (χ1v) is 13.4. The van der Waals surface area contributed by atoms with Gasteiger partial charge < -0.3 is 15.6 Å². The zero-order valence-corrected chi connectivity index (χ0v) is 22.2. The van der Waals surface area contributed by atoms with Crippen LogP contribution >= 0.6 is 0 Å². The Kier molecular flexibility index (Phi) is 7.89. The molecule has 216 valence electrons. The Morgan fingerprint density at radius 2 is 1.59 bits per heavy atom. The van der Waals surface area contributed by atoms with E-state index in [1.165, 1.54) is 12.1 Å². The van der Waals surface area contributed by atoms with E-state index in [1.54, 1.807) is 48.5 Å². The molecule has 1 aliphatic carbocycles. The highest BCUT2D eigenvalue weighted by Gasteiger charge is 2.54. The topological polar surface area (TPSA) is 92.9 Å². The predicted molar refractivity (Wildman–Crippen MR) is 143 cm³/mol. The van der Waals surface area contributed by atoms with Crippen LogP contribution in [0.2, 0.25) is 0 Å². The van der Waals surface area contributed by atoms with Crippen molar-refractivity contribution in [3.8, 4) is 11.1 Å². The number of esters is 1. The number of aryl methyl sites for hydroxylation is 1. The quantitative estimate of drug-likeness (QED) is 0.317. The summed E-state index contributed by atoms with van der Waals surface area (Å²) in [5.41, 5.74) is 7.43. The maximum atomic E-state index is 13.2. The molecule has 1 amide bonds. The maximum Gasteiger partial charge on any atom is 0.417 e. The van der Waals surface area contributed by atoms with E-state index in [-0.39, 0.29) is 31.7 Å². The standard InChI is InChI=1S/C31H30F4N2O4/c32-24-9-6-21(7-10-24)20-2-4-22(5-3-20)29(39)41-26-12-8-23-17-19(1-11-25(23)27(26)28(36)38)18-37-15-13-30(40,14-16-37)31(33,34)35/h1-7,9-11,17,26-27,40H,8,12-16,18H2,(H2,36,38). The minimum atomic E-state index is -4.65. The van der Waals surface area contributed by atoms with Gasteiger partial charge in [-0.05, 0) is 77.8 Å². The van der Waals surface area contributed by atoms with Crippen molar-refractivity contribution in [3.63, 3.8) is 0 Å². The molecule has 0 spiro atoms. The molecule has 2 atom stereocenters. The summed E-state index contributed by atoms with van der Waals surface area (Å²) in [6.07, 6.45) is -5.26. The van der Waals surface area contributed by atoms with Gasteiger partial charge in [0.1, 0.15) is 11.9 Å². The predicted octanol–water partition coefficient (Wildman–Crippen LogP) is 5.12. The maximum absolute atomic E-state index is 13.2. The van der Waals surface area contributed by atoms with Gasteiger partial charge in [-0.1, -0.05) is 42.5 Å². The highest BCUT2D eigenvalue weighted by Crippen LogP contribution is 2.39. The fourth-order valence-corrected chi connectivity index (χ4v) is 5.67. The third-order valence-corrected chi connectivity index (χ3v) is 8.09. The largest absolute Gasteiger partial charge is 0.458 e. The van der Waals surface area contributed by atoms with Gasteiger partial charge in [0.25, 0.3) is 0 Å². The first-order valence-electron chi connectivity index (χ1n) is 13.4. The molecule has 10 heteroatoms. The Hall–Kier alpha value is -3.76. The van der Waals surface area contributed by atoms with Crippen LogP contribution in [0.15, 0.2) is 66.7 Å². The molecule has 0 aromatic heterocycles. The number of rotatable bonds is 6. The number of nitrogens with zero attached hydrogens (tertiary/aromatic N) is 1. The number of piperidine rings is 1. The molecule has 6 nitrogen and oxygen atoms in total. The summed E-state index contributed by atoms with van der Waals surface area (Å²) >= 11 is 0. The number of carbonyl (C=O) groups is 2. The van der Waals surface area contributed by atoms with E-state index in [0.29, 0.717) is 30.5 Å². The number of aliphatic hydroxyl groups is 1. The van der Waals surface area contributed by atoms with Gasteiger partial charge in [0.15, 0.2) is 5.60 Å². The van der Waals surface area contributed by atoms with Crippen molar-refractivity contribution in [1.82, 2.24) is 4.90 Å². The lowest BCUT2D eigenvalue weighted by molar-refractivity contribution is -0.272. The van der Waals surface area contributed by atoms with Gasteiger partial charge in [0.2, 0.25) is 5.91 Å². The Labute approximate surface area is 234 Å². The van der Waals surface area contributed by atoms with Crippen molar-refractivity contribution >= 4 is 11.9 Å². The monoisotopic (exact) mass is 570 g/mol. The average molecular weight is 571 g/mol. The third-order valence-electron chi connectivity index (χ3n) is 8.09. The summed E-state index contributed by atoms with van der Waals surface area (Å²) in [4.78, 5) is 27.3. The van der Waals surface area contributed by atoms with Crippen molar-refractivity contribution in [3.05, 3.63) is 94.8 Å². The van der Waals surface area contributed by atoms with Crippen LogP contribution < -0.4 is 5.73 Å². The minimum absolute atomic E-state index is 0.111. The Bertz CT molecular complexity index is 1420. The second-order valence-corrected chi connectivity index (χ2v) is 10.8. The van der Waals surface area contributed by atoms with E-state index >= 15 is 0 Å². The molecule has 1 fully saturated rings. The second kappa shape index (κ2) is 11.3. The molecule has 0 radical (unpaired) electrons. The van der Waals surface area contributed by atoms with Crippen LogP contribution in [0, 0.1) is 5.82 Å². The second-order valence-electron chi connectivity index (χ2n) is 10.8. The summed E-state index contributed by atoms with van der Waals surface area (Å²) in [6, 6.07) is 18.2. The summed E-state index contributed by atoms with van der Waals surface area (Å²) < 4.78 is 58.3. The van der Waals surface area contributed by atoms with E-state index in [9.17, 15) is 32.3 Å². The number of alkyl halides is 3. The normalized spacial score (nSPS) is 20.7. The molecule has 0 bridgehead atoms. The number of hydrogen-bond donors (Lipinski definition) is 2. The summed E-state index contributed by atoms with van der Waals surface area (Å²) in [5, 5.41) is 9.92. The first-order chi connectivity index (χ1) is 19.4. The molecule has 1 saturated heterocycles. The highest BCUT2D eigenvalue weighted by atomic mass is 19.4. The highest BCUT2D eigenvalue weighted by molar-refractivity contribution is 5.91. The van der Waals surface area contributed by atoms with Crippen molar-refractivity contribution in [2.24, 2.45) is 5.73 Å². The van der Waals surface area contributed by atoms with Gasteiger partial charge in [-0.15, -0.1) is 0 Å². The first kappa shape index (κ1) is 28.8. The lowest BCUT2D eigenvalue weighted by Gasteiger charge is -2.39. The van der Waals surface area contributed by atoms with Crippen molar-refractivity contribution < 1.29 is 37.0 Å². The zero-order valence-electron chi connectivity index (χ0n) is 22.2. The Balaban J connectivity index is 1.24. The van der Waals surface area contributed by atoms with E-state index in [1.807, 2.05) is 11.0 Å². The average Bonchev–Trinajstić information content (AvgIpc) is 2.94. The van der Waals surface area contributed by atoms with Crippen molar-refractivity contribution in [2.45, 2.75) is 56.0 Å². The number of benzene rings is 3. The van der Waals surface area contributed by atoms with Crippen LogP contribution in [0.4, 0.5) is 17.6 Å². The van der Waals surface area contributed by atoms with E-state index in [4.69, 9.17) is 10.5 Å². The fraction of sp³-hybridized carbons (Fsp3) is 0.355. The molecule has 41 heavy (non-hydrogen) atoms. The smallest absolute Gasteiger partial charge is 0.417 e. The molecule has 5 rings (SSSR count). The molecular weight excluding hydrogens is 540 g/mol. The Morgan fingerprint density at radius 3 is 2.17 bits per heavy atom. The van der Waals surface area contributed by atoms with Crippen LogP contribution in [0.1, 0.15) is 52.2 Å². The summed E-state index contributed by atoms with van der Waals surface area (Å²) in [7, 11) is 0. The molecule has 2 unspecified atom stereocenters. The number of primary amides is 1. The van der Waals surface area contributed by atoms with Crippen molar-refractivity contribution in [1.29, 1.82) is 0 Å². The lowest BCUT2D eigenvalue weighted by atomic mass is 9.79.